The molecule has 2 heterocycles. The summed E-state index contributed by atoms with van der Waals surface area (Å²) >= 11 is 1.58. The molecule has 1 aromatic rings. The van der Waals surface area contributed by atoms with Crippen LogP contribution in [-0.2, 0) is 9.59 Å². The Morgan fingerprint density at radius 3 is 2.86 bits per heavy atom. The summed E-state index contributed by atoms with van der Waals surface area (Å²) in [6.07, 6.45) is 4.61. The van der Waals surface area contributed by atoms with Gasteiger partial charge in [0.15, 0.2) is 0 Å². The zero-order valence-corrected chi connectivity index (χ0v) is 13.3. The molecule has 0 radical (unpaired) electrons. The highest BCUT2D eigenvalue weighted by Crippen LogP contribution is 2.22. The second-order valence-electron chi connectivity index (χ2n) is 5.91. The van der Waals surface area contributed by atoms with E-state index in [4.69, 9.17) is 4.42 Å². The Labute approximate surface area is 128 Å². The number of amides is 2. The predicted octanol–water partition coefficient (Wildman–Crippen LogP) is 2.11. The molecule has 2 amide bonds. The second-order valence-corrected chi connectivity index (χ2v) is 6.91. The van der Waals surface area contributed by atoms with Gasteiger partial charge in [-0.3, -0.25) is 9.59 Å². The van der Waals surface area contributed by atoms with Gasteiger partial charge in [0.1, 0.15) is 11.8 Å². The van der Waals surface area contributed by atoms with E-state index in [0.29, 0.717) is 17.4 Å². The Bertz CT molecular complexity index is 532. The predicted molar refractivity (Wildman–Crippen MR) is 83.6 cm³/mol. The van der Waals surface area contributed by atoms with Crippen molar-refractivity contribution in [1.82, 2.24) is 10.2 Å². The van der Waals surface area contributed by atoms with Gasteiger partial charge in [-0.1, -0.05) is 0 Å². The first-order valence-electron chi connectivity index (χ1n) is 6.79. The number of rotatable bonds is 3. The van der Waals surface area contributed by atoms with Gasteiger partial charge in [-0.05, 0) is 39.0 Å². The van der Waals surface area contributed by atoms with E-state index >= 15 is 0 Å². The molecule has 0 unspecified atom stereocenters. The Balaban J connectivity index is 2.01. The van der Waals surface area contributed by atoms with Gasteiger partial charge in [0, 0.05) is 17.4 Å². The maximum Gasteiger partial charge on any atom is 0.248 e. The smallest absolute Gasteiger partial charge is 0.248 e. The lowest BCUT2D eigenvalue weighted by Gasteiger charge is -2.27. The van der Waals surface area contributed by atoms with Gasteiger partial charge in [0.2, 0.25) is 11.8 Å². The van der Waals surface area contributed by atoms with E-state index in [1.54, 1.807) is 41.1 Å². The van der Waals surface area contributed by atoms with E-state index in [9.17, 15) is 9.59 Å². The molecule has 0 aliphatic carbocycles. The quantitative estimate of drug-likeness (QED) is 0.869. The SMILES string of the molecule is CC(C)(C)NC(=O)[C@@H]1CSCN1C(=O)/C=C\c1ccco1. The van der Waals surface area contributed by atoms with Crippen molar-refractivity contribution in [2.45, 2.75) is 32.4 Å². The van der Waals surface area contributed by atoms with Crippen LogP contribution in [0, 0.1) is 0 Å². The lowest BCUT2D eigenvalue weighted by molar-refractivity contribution is -0.135. The largest absolute Gasteiger partial charge is 0.465 e. The van der Waals surface area contributed by atoms with Crippen LogP contribution >= 0.6 is 11.8 Å². The molecule has 114 valence electrons. The molecule has 0 spiro atoms. The molecular weight excluding hydrogens is 288 g/mol. The highest BCUT2D eigenvalue weighted by Gasteiger charge is 2.34. The van der Waals surface area contributed by atoms with Crippen LogP contribution in [0.5, 0.6) is 0 Å². The van der Waals surface area contributed by atoms with Crippen molar-refractivity contribution in [3.05, 3.63) is 30.2 Å². The van der Waals surface area contributed by atoms with Crippen molar-refractivity contribution in [2.75, 3.05) is 11.6 Å². The molecule has 1 saturated heterocycles. The van der Waals surface area contributed by atoms with Gasteiger partial charge >= 0.3 is 0 Å². The van der Waals surface area contributed by atoms with Crippen LogP contribution in [0.3, 0.4) is 0 Å². The molecule has 1 aromatic heterocycles. The van der Waals surface area contributed by atoms with Gasteiger partial charge in [-0.25, -0.2) is 0 Å². The third kappa shape index (κ3) is 4.39. The van der Waals surface area contributed by atoms with Crippen molar-refractivity contribution in [2.24, 2.45) is 0 Å². The number of thioether (sulfide) groups is 1. The Kier molecular flexibility index (Phi) is 4.77. The number of nitrogens with one attached hydrogen (secondary N) is 1. The van der Waals surface area contributed by atoms with E-state index in [1.807, 2.05) is 20.8 Å². The minimum Gasteiger partial charge on any atom is -0.465 e. The lowest BCUT2D eigenvalue weighted by Crippen LogP contribution is -2.52. The van der Waals surface area contributed by atoms with Crippen LogP contribution in [0.4, 0.5) is 0 Å². The van der Waals surface area contributed by atoms with Crippen molar-refractivity contribution < 1.29 is 14.0 Å². The Morgan fingerprint density at radius 1 is 1.48 bits per heavy atom. The van der Waals surface area contributed by atoms with Crippen LogP contribution < -0.4 is 5.32 Å². The molecule has 1 fully saturated rings. The molecule has 2 rings (SSSR count). The third-order valence-corrected chi connectivity index (χ3v) is 3.91. The Morgan fingerprint density at radius 2 is 2.24 bits per heavy atom. The summed E-state index contributed by atoms with van der Waals surface area (Å²) in [5.41, 5.74) is -0.303. The van der Waals surface area contributed by atoms with Crippen LogP contribution in [0.1, 0.15) is 26.5 Å². The first-order chi connectivity index (χ1) is 9.87. The maximum atomic E-state index is 12.2. The summed E-state index contributed by atoms with van der Waals surface area (Å²) in [7, 11) is 0. The van der Waals surface area contributed by atoms with Crippen molar-refractivity contribution in [1.29, 1.82) is 0 Å². The molecule has 6 heteroatoms. The van der Waals surface area contributed by atoms with E-state index in [-0.39, 0.29) is 17.4 Å². The van der Waals surface area contributed by atoms with Gasteiger partial charge in [0.05, 0.1) is 12.1 Å². The third-order valence-electron chi connectivity index (χ3n) is 2.90. The van der Waals surface area contributed by atoms with Crippen LogP contribution in [0.25, 0.3) is 6.08 Å². The average Bonchev–Trinajstić information content (AvgIpc) is 3.05. The highest BCUT2D eigenvalue weighted by molar-refractivity contribution is 7.99. The number of carbonyl (C=O) groups excluding carboxylic acids is 2. The van der Waals surface area contributed by atoms with Gasteiger partial charge in [0.25, 0.3) is 0 Å². The number of furan rings is 1. The molecular formula is C15H20N2O3S. The van der Waals surface area contributed by atoms with Crippen LogP contribution in [0.15, 0.2) is 28.9 Å². The van der Waals surface area contributed by atoms with Gasteiger partial charge in [-0.15, -0.1) is 11.8 Å². The summed E-state index contributed by atoms with van der Waals surface area (Å²) in [6, 6.07) is 3.12. The first kappa shape index (κ1) is 15.7. The molecule has 0 aromatic carbocycles. The number of hydrogen-bond donors (Lipinski definition) is 1. The zero-order valence-electron chi connectivity index (χ0n) is 12.5. The van der Waals surface area contributed by atoms with Crippen molar-refractivity contribution in [3.8, 4) is 0 Å². The molecule has 1 aliphatic rings. The van der Waals surface area contributed by atoms with Crippen LogP contribution in [0.2, 0.25) is 0 Å². The van der Waals surface area contributed by atoms with E-state index in [0.717, 1.165) is 0 Å². The molecule has 1 aliphatic heterocycles. The summed E-state index contributed by atoms with van der Waals surface area (Å²) in [5, 5.41) is 2.93. The lowest BCUT2D eigenvalue weighted by atomic mass is 10.1. The zero-order chi connectivity index (χ0) is 15.5. The second kappa shape index (κ2) is 6.39. The molecule has 5 nitrogen and oxygen atoms in total. The van der Waals surface area contributed by atoms with E-state index in [1.165, 1.54) is 6.08 Å². The van der Waals surface area contributed by atoms with Gasteiger partial charge < -0.3 is 14.6 Å². The normalized spacial score (nSPS) is 19.2. The minimum absolute atomic E-state index is 0.104. The number of hydrogen-bond acceptors (Lipinski definition) is 4. The summed E-state index contributed by atoms with van der Waals surface area (Å²) in [4.78, 5) is 26.1. The fourth-order valence-electron chi connectivity index (χ4n) is 1.97. The number of nitrogens with zero attached hydrogens (tertiary/aromatic N) is 1. The number of carbonyl (C=O) groups is 2. The van der Waals surface area contributed by atoms with Crippen LogP contribution in [-0.4, -0.2) is 39.9 Å². The van der Waals surface area contributed by atoms with E-state index < -0.39 is 6.04 Å². The Hall–Kier alpha value is -1.69. The topological polar surface area (TPSA) is 62.6 Å². The molecule has 1 atom stereocenters. The maximum absolute atomic E-state index is 12.2. The highest BCUT2D eigenvalue weighted by atomic mass is 32.2. The molecule has 1 N–H and O–H groups in total. The van der Waals surface area contributed by atoms with E-state index in [2.05, 4.69) is 5.32 Å². The summed E-state index contributed by atoms with van der Waals surface area (Å²) in [6.45, 7) is 5.78. The fraction of sp³-hybridized carbons (Fsp3) is 0.467. The standard InChI is InChI=1S/C15H20N2O3S/c1-15(2,3)16-14(19)12-9-21-10-17(12)13(18)7-6-11-5-4-8-20-11/h4-8,12H,9-10H2,1-3H3,(H,16,19)/b7-6-/t12-/m0/s1. The molecule has 0 bridgehead atoms. The molecule has 0 saturated carbocycles. The summed E-state index contributed by atoms with van der Waals surface area (Å²) in [5.74, 6) is 1.50. The first-order valence-corrected chi connectivity index (χ1v) is 7.94. The van der Waals surface area contributed by atoms with Crippen molar-refractivity contribution >= 4 is 29.7 Å². The fourth-order valence-corrected chi connectivity index (χ4v) is 3.13. The average molecular weight is 308 g/mol. The summed E-state index contributed by atoms with van der Waals surface area (Å²) < 4.78 is 5.14. The van der Waals surface area contributed by atoms with Crippen molar-refractivity contribution in [3.63, 3.8) is 0 Å². The monoisotopic (exact) mass is 308 g/mol. The molecule has 21 heavy (non-hydrogen) atoms. The minimum atomic E-state index is -0.414. The van der Waals surface area contributed by atoms with Gasteiger partial charge in [-0.2, -0.15) is 0 Å².